The molecule has 0 spiro atoms. The lowest BCUT2D eigenvalue weighted by molar-refractivity contribution is -0.384. The average Bonchev–Trinajstić information content (AvgIpc) is 3.11. The Balaban J connectivity index is 1.46. The second-order valence-electron chi connectivity index (χ2n) is 6.29. The minimum Gasteiger partial charge on any atom is -0.363 e. The van der Waals surface area contributed by atoms with Crippen LogP contribution in [0.25, 0.3) is 4.96 Å². The molecule has 0 saturated carbocycles. The van der Waals surface area contributed by atoms with E-state index in [2.05, 4.69) is 25.8 Å². The first-order chi connectivity index (χ1) is 13.0. The molecule has 0 amide bonds. The van der Waals surface area contributed by atoms with E-state index >= 15 is 0 Å². The van der Waals surface area contributed by atoms with Crippen LogP contribution in [0.3, 0.4) is 0 Å². The Hall–Kier alpha value is -2.30. The van der Waals surface area contributed by atoms with Gasteiger partial charge in [0.15, 0.2) is 4.96 Å². The molecule has 0 atom stereocenters. The van der Waals surface area contributed by atoms with Gasteiger partial charge in [0.2, 0.25) is 0 Å². The zero-order chi connectivity index (χ0) is 19.0. The fourth-order valence-electron chi connectivity index (χ4n) is 3.26. The van der Waals surface area contributed by atoms with E-state index in [1.165, 1.54) is 17.4 Å². The van der Waals surface area contributed by atoms with Gasteiger partial charge < -0.3 is 4.90 Å². The first-order valence-electron chi connectivity index (χ1n) is 8.38. The lowest BCUT2D eigenvalue weighted by atomic mass is 10.2. The quantitative estimate of drug-likeness (QED) is 0.449. The van der Waals surface area contributed by atoms with Gasteiger partial charge in [0.25, 0.3) is 11.2 Å². The topological polar surface area (TPSA) is 84.0 Å². The van der Waals surface area contributed by atoms with E-state index < -0.39 is 0 Å². The highest BCUT2D eigenvalue weighted by Crippen LogP contribution is 2.31. The molecule has 1 saturated heterocycles. The molecule has 1 aliphatic heterocycles. The summed E-state index contributed by atoms with van der Waals surface area (Å²) < 4.78 is 2.23. The van der Waals surface area contributed by atoms with Crippen molar-refractivity contribution < 1.29 is 4.92 Å². The van der Waals surface area contributed by atoms with E-state index in [0.29, 0.717) is 34.8 Å². The standard InChI is InChI=1S/C17H16BrN5O3S/c18-12-1-2-14(15(9-12)23(25)26)21-5-3-20(4-6-21)11-13-10-16(24)22-7-8-27-17(22)19-13/h1-2,7-10H,3-6,11H2. The van der Waals surface area contributed by atoms with Gasteiger partial charge >= 0.3 is 0 Å². The molecule has 3 heterocycles. The number of fused-ring (bicyclic) bond motifs is 1. The van der Waals surface area contributed by atoms with Gasteiger partial charge in [0, 0.05) is 60.9 Å². The first kappa shape index (κ1) is 18.1. The third-order valence-corrected chi connectivity index (χ3v) is 5.84. The number of halogens is 1. The van der Waals surface area contributed by atoms with E-state index in [9.17, 15) is 14.9 Å². The molecule has 2 aromatic heterocycles. The number of anilines is 1. The Bertz CT molecular complexity index is 1060. The third kappa shape index (κ3) is 3.73. The van der Waals surface area contributed by atoms with Crippen LogP contribution in [0.2, 0.25) is 0 Å². The van der Waals surface area contributed by atoms with Gasteiger partial charge in [0.1, 0.15) is 5.69 Å². The second kappa shape index (κ2) is 7.37. The van der Waals surface area contributed by atoms with Crippen LogP contribution >= 0.6 is 27.3 Å². The maximum absolute atomic E-state index is 12.1. The van der Waals surface area contributed by atoms with E-state index in [-0.39, 0.29) is 16.2 Å². The summed E-state index contributed by atoms with van der Waals surface area (Å²) in [6.07, 6.45) is 1.73. The summed E-state index contributed by atoms with van der Waals surface area (Å²) in [5.74, 6) is 0. The monoisotopic (exact) mass is 449 g/mol. The normalized spacial score (nSPS) is 15.4. The molecule has 1 aliphatic rings. The van der Waals surface area contributed by atoms with Gasteiger partial charge in [-0.05, 0) is 12.1 Å². The third-order valence-electron chi connectivity index (χ3n) is 4.59. The van der Waals surface area contributed by atoms with Crippen molar-refractivity contribution in [1.82, 2.24) is 14.3 Å². The van der Waals surface area contributed by atoms with Crippen LogP contribution in [0.15, 0.2) is 45.1 Å². The molecule has 0 aliphatic carbocycles. The van der Waals surface area contributed by atoms with Crippen LogP contribution in [0.4, 0.5) is 11.4 Å². The van der Waals surface area contributed by atoms with Gasteiger partial charge in [-0.2, -0.15) is 0 Å². The van der Waals surface area contributed by atoms with Gasteiger partial charge in [-0.25, -0.2) is 4.98 Å². The van der Waals surface area contributed by atoms with Crippen molar-refractivity contribution in [3.8, 4) is 0 Å². The number of nitrogens with zero attached hydrogens (tertiary/aromatic N) is 5. The van der Waals surface area contributed by atoms with E-state index in [1.807, 2.05) is 16.3 Å². The molecule has 27 heavy (non-hydrogen) atoms. The Labute approximate surface area is 166 Å². The lowest BCUT2D eigenvalue weighted by Gasteiger charge is -2.35. The highest BCUT2D eigenvalue weighted by Gasteiger charge is 2.24. The smallest absolute Gasteiger partial charge is 0.293 e. The number of rotatable bonds is 4. The number of nitro groups is 1. The SMILES string of the molecule is O=c1cc(CN2CCN(c3ccc(Br)cc3[N+](=O)[O-])CC2)nc2sccn12. The Morgan fingerprint density at radius 2 is 2.00 bits per heavy atom. The molecule has 1 aromatic carbocycles. The Kier molecular flexibility index (Phi) is 4.94. The molecule has 3 aromatic rings. The van der Waals surface area contributed by atoms with Crippen LogP contribution in [0.1, 0.15) is 5.69 Å². The maximum Gasteiger partial charge on any atom is 0.293 e. The Morgan fingerprint density at radius 1 is 1.22 bits per heavy atom. The van der Waals surface area contributed by atoms with Crippen molar-refractivity contribution in [3.63, 3.8) is 0 Å². The highest BCUT2D eigenvalue weighted by atomic mass is 79.9. The van der Waals surface area contributed by atoms with E-state index in [0.717, 1.165) is 18.8 Å². The zero-order valence-electron chi connectivity index (χ0n) is 14.2. The van der Waals surface area contributed by atoms with E-state index in [4.69, 9.17) is 0 Å². The number of hydrogen-bond donors (Lipinski definition) is 0. The average molecular weight is 450 g/mol. The second-order valence-corrected chi connectivity index (χ2v) is 8.08. The number of hydrogen-bond acceptors (Lipinski definition) is 7. The highest BCUT2D eigenvalue weighted by molar-refractivity contribution is 9.10. The first-order valence-corrected chi connectivity index (χ1v) is 10.1. The van der Waals surface area contributed by atoms with Crippen molar-refractivity contribution in [2.24, 2.45) is 0 Å². The zero-order valence-corrected chi connectivity index (χ0v) is 16.6. The number of aromatic nitrogens is 2. The molecule has 8 nitrogen and oxygen atoms in total. The predicted molar refractivity (Wildman–Crippen MR) is 108 cm³/mol. The van der Waals surface area contributed by atoms with Gasteiger partial charge in [0.05, 0.1) is 10.6 Å². The number of nitro benzene ring substituents is 1. The summed E-state index contributed by atoms with van der Waals surface area (Å²) in [5.41, 5.74) is 1.43. The predicted octanol–water partition coefficient (Wildman–Crippen LogP) is 2.75. The summed E-state index contributed by atoms with van der Waals surface area (Å²) in [7, 11) is 0. The maximum atomic E-state index is 12.1. The largest absolute Gasteiger partial charge is 0.363 e. The summed E-state index contributed by atoms with van der Waals surface area (Å²) in [6.45, 7) is 3.46. The van der Waals surface area contributed by atoms with Crippen molar-refractivity contribution in [2.75, 3.05) is 31.1 Å². The summed E-state index contributed by atoms with van der Waals surface area (Å²) >= 11 is 4.73. The van der Waals surface area contributed by atoms with Crippen molar-refractivity contribution in [1.29, 1.82) is 0 Å². The molecule has 0 radical (unpaired) electrons. The molecule has 0 unspecified atom stereocenters. The summed E-state index contributed by atoms with van der Waals surface area (Å²) in [5, 5.41) is 13.2. The van der Waals surface area contributed by atoms with Crippen LogP contribution in [-0.4, -0.2) is 45.4 Å². The van der Waals surface area contributed by atoms with Crippen LogP contribution in [0, 0.1) is 10.1 Å². The van der Waals surface area contributed by atoms with E-state index in [1.54, 1.807) is 22.7 Å². The fourth-order valence-corrected chi connectivity index (χ4v) is 4.34. The molecule has 0 bridgehead atoms. The molecule has 10 heteroatoms. The molecular formula is C17H16BrN5O3S. The van der Waals surface area contributed by atoms with Crippen molar-refractivity contribution >= 4 is 43.6 Å². The van der Waals surface area contributed by atoms with Gasteiger partial charge in [-0.3, -0.25) is 24.2 Å². The fraction of sp³-hybridized carbons (Fsp3) is 0.294. The number of benzene rings is 1. The summed E-state index contributed by atoms with van der Waals surface area (Å²) in [6, 6.07) is 6.72. The Morgan fingerprint density at radius 3 is 2.74 bits per heavy atom. The van der Waals surface area contributed by atoms with Crippen LogP contribution in [-0.2, 0) is 6.54 Å². The lowest BCUT2D eigenvalue weighted by Crippen LogP contribution is -2.46. The molecule has 4 rings (SSSR count). The molecule has 140 valence electrons. The minimum atomic E-state index is -0.347. The molecular weight excluding hydrogens is 434 g/mol. The molecule has 0 N–H and O–H groups in total. The van der Waals surface area contributed by atoms with Crippen LogP contribution < -0.4 is 10.5 Å². The molecule has 1 fully saturated rings. The van der Waals surface area contributed by atoms with Gasteiger partial charge in [-0.15, -0.1) is 11.3 Å². The number of piperazine rings is 1. The van der Waals surface area contributed by atoms with Gasteiger partial charge in [-0.1, -0.05) is 15.9 Å². The van der Waals surface area contributed by atoms with Crippen molar-refractivity contribution in [3.05, 3.63) is 66.5 Å². The van der Waals surface area contributed by atoms with Crippen molar-refractivity contribution in [2.45, 2.75) is 6.54 Å². The van der Waals surface area contributed by atoms with Crippen LogP contribution in [0.5, 0.6) is 0 Å². The minimum absolute atomic E-state index is 0.0691. The number of thiazole rings is 1. The summed E-state index contributed by atoms with van der Waals surface area (Å²) in [4.78, 5) is 32.6.